The molecule has 5 heteroatoms. The Morgan fingerprint density at radius 1 is 1.25 bits per heavy atom. The number of fused-ring (bicyclic) bond motifs is 3. The van der Waals surface area contributed by atoms with Gasteiger partial charge in [-0.15, -0.1) is 0 Å². The van der Waals surface area contributed by atoms with Gasteiger partial charge in [-0.3, -0.25) is 0 Å². The van der Waals surface area contributed by atoms with Crippen LogP contribution in [0, 0.1) is 0 Å². The van der Waals surface area contributed by atoms with Gasteiger partial charge in [0, 0.05) is 17.0 Å². The largest absolute Gasteiger partial charge is 0.479 e. The molecule has 128 valence electrons. The van der Waals surface area contributed by atoms with Crippen LogP contribution in [0.4, 0.5) is 0 Å². The third kappa shape index (κ3) is 3.30. The minimum absolute atomic E-state index is 0.259. The molecule has 1 aromatic heterocycles. The molecular weight excluding hydrogens is 308 g/mol. The number of rotatable bonds is 5. The fourth-order valence-electron chi connectivity index (χ4n) is 3.07. The Morgan fingerprint density at radius 2 is 2.00 bits per heavy atom. The lowest BCUT2D eigenvalue weighted by atomic mass is 9.91. The summed E-state index contributed by atoms with van der Waals surface area (Å²) >= 11 is 0. The summed E-state index contributed by atoms with van der Waals surface area (Å²) in [4.78, 5) is 24.0. The molecule has 1 atom stereocenters. The van der Waals surface area contributed by atoms with Gasteiger partial charge in [0.05, 0.1) is 6.61 Å². The molecule has 3 rings (SSSR count). The summed E-state index contributed by atoms with van der Waals surface area (Å²) in [6.45, 7) is 3.96. The average Bonchev–Trinajstić information content (AvgIpc) is 2.59. The number of carbonyl (C=O) groups is 1. The maximum atomic E-state index is 12.2. The second kappa shape index (κ2) is 7.07. The highest BCUT2D eigenvalue weighted by molar-refractivity contribution is 5.83. The molecule has 0 radical (unpaired) electrons. The summed E-state index contributed by atoms with van der Waals surface area (Å²) in [5, 5.41) is 0.956. The second-order valence-electron chi connectivity index (χ2n) is 6.14. The molecule has 0 saturated heterocycles. The Kier molecular flexibility index (Phi) is 4.88. The minimum atomic E-state index is -0.710. The van der Waals surface area contributed by atoms with Gasteiger partial charge >= 0.3 is 11.6 Å². The first-order chi connectivity index (χ1) is 11.6. The molecule has 0 saturated carbocycles. The number of hydrogen-bond donors (Lipinski definition) is 0. The standard InChI is InChI=1S/C19H22O5/c1-3-10-22-18(20)12(2)23-13-8-9-15-14-6-4-5-7-16(14)19(21)24-17(15)11-13/h8-9,11-12H,3-7,10H2,1-2H3. The molecule has 1 aliphatic carbocycles. The number of esters is 1. The maximum absolute atomic E-state index is 12.2. The van der Waals surface area contributed by atoms with Gasteiger partial charge in [0.1, 0.15) is 11.3 Å². The summed E-state index contributed by atoms with van der Waals surface area (Å²) in [5.41, 5.74) is 2.14. The van der Waals surface area contributed by atoms with Crippen molar-refractivity contribution < 1.29 is 18.7 Å². The number of carbonyl (C=O) groups excluding carboxylic acids is 1. The van der Waals surface area contributed by atoms with Crippen molar-refractivity contribution in [3.8, 4) is 5.75 Å². The Hall–Kier alpha value is -2.30. The average molecular weight is 330 g/mol. The molecule has 1 aliphatic rings. The van der Waals surface area contributed by atoms with Crippen molar-refractivity contribution in [2.75, 3.05) is 6.61 Å². The van der Waals surface area contributed by atoms with Crippen LogP contribution in [-0.2, 0) is 22.4 Å². The van der Waals surface area contributed by atoms with Crippen LogP contribution in [-0.4, -0.2) is 18.7 Å². The van der Waals surface area contributed by atoms with E-state index in [1.54, 1.807) is 19.1 Å². The van der Waals surface area contributed by atoms with E-state index in [9.17, 15) is 9.59 Å². The summed E-state index contributed by atoms with van der Waals surface area (Å²) < 4.78 is 16.2. The normalized spacial score (nSPS) is 14.9. The van der Waals surface area contributed by atoms with Gasteiger partial charge in [-0.2, -0.15) is 0 Å². The number of benzene rings is 1. The fraction of sp³-hybridized carbons (Fsp3) is 0.474. The highest BCUT2D eigenvalue weighted by atomic mass is 16.6. The Balaban J connectivity index is 1.86. The predicted molar refractivity (Wildman–Crippen MR) is 90.5 cm³/mol. The van der Waals surface area contributed by atoms with Crippen molar-refractivity contribution in [1.29, 1.82) is 0 Å². The Labute approximate surface area is 140 Å². The first-order valence-electron chi connectivity index (χ1n) is 8.52. The predicted octanol–water partition coefficient (Wildman–Crippen LogP) is 3.39. The molecule has 1 heterocycles. The number of ether oxygens (including phenoxy) is 2. The Bertz CT molecular complexity index is 805. The van der Waals surface area contributed by atoms with Crippen LogP contribution in [0.2, 0.25) is 0 Å². The first kappa shape index (κ1) is 16.6. The summed E-state index contributed by atoms with van der Waals surface area (Å²) in [6.07, 6.45) is 3.86. The monoisotopic (exact) mass is 330 g/mol. The minimum Gasteiger partial charge on any atom is -0.479 e. The van der Waals surface area contributed by atoms with E-state index in [0.717, 1.165) is 48.6 Å². The van der Waals surface area contributed by atoms with E-state index in [4.69, 9.17) is 13.9 Å². The van der Waals surface area contributed by atoms with Crippen LogP contribution in [0.25, 0.3) is 11.0 Å². The number of aryl methyl sites for hydroxylation is 1. The molecule has 0 N–H and O–H groups in total. The highest BCUT2D eigenvalue weighted by Gasteiger charge is 2.20. The van der Waals surface area contributed by atoms with Gasteiger partial charge < -0.3 is 13.9 Å². The molecule has 0 bridgehead atoms. The third-order valence-corrected chi connectivity index (χ3v) is 4.29. The van der Waals surface area contributed by atoms with Crippen LogP contribution < -0.4 is 10.4 Å². The zero-order chi connectivity index (χ0) is 17.1. The molecule has 5 nitrogen and oxygen atoms in total. The quantitative estimate of drug-likeness (QED) is 0.621. The van der Waals surface area contributed by atoms with E-state index >= 15 is 0 Å². The third-order valence-electron chi connectivity index (χ3n) is 4.29. The van der Waals surface area contributed by atoms with Crippen molar-refractivity contribution in [1.82, 2.24) is 0 Å². The van der Waals surface area contributed by atoms with Gasteiger partial charge in [0.15, 0.2) is 6.10 Å². The maximum Gasteiger partial charge on any atom is 0.347 e. The van der Waals surface area contributed by atoms with Crippen LogP contribution >= 0.6 is 0 Å². The van der Waals surface area contributed by atoms with Crippen molar-refractivity contribution in [3.05, 3.63) is 39.7 Å². The van der Waals surface area contributed by atoms with Gasteiger partial charge in [-0.1, -0.05) is 6.92 Å². The fourth-order valence-corrected chi connectivity index (χ4v) is 3.07. The molecule has 0 amide bonds. The molecule has 0 aliphatic heterocycles. The van der Waals surface area contributed by atoms with E-state index in [-0.39, 0.29) is 5.63 Å². The molecule has 1 unspecified atom stereocenters. The van der Waals surface area contributed by atoms with E-state index in [2.05, 4.69) is 0 Å². The van der Waals surface area contributed by atoms with Crippen LogP contribution in [0.5, 0.6) is 5.75 Å². The SMILES string of the molecule is CCCOC(=O)C(C)Oc1ccc2c3c(c(=O)oc2c1)CCCC3. The lowest BCUT2D eigenvalue weighted by Crippen LogP contribution is -2.26. The smallest absolute Gasteiger partial charge is 0.347 e. The van der Waals surface area contributed by atoms with Gasteiger partial charge in [0.2, 0.25) is 0 Å². The molecule has 0 fully saturated rings. The van der Waals surface area contributed by atoms with Crippen molar-refractivity contribution in [3.63, 3.8) is 0 Å². The van der Waals surface area contributed by atoms with Crippen LogP contribution in [0.1, 0.15) is 44.2 Å². The van der Waals surface area contributed by atoms with Crippen molar-refractivity contribution in [2.24, 2.45) is 0 Å². The summed E-state index contributed by atoms with van der Waals surface area (Å²) in [7, 11) is 0. The lowest BCUT2D eigenvalue weighted by Gasteiger charge is -2.17. The van der Waals surface area contributed by atoms with E-state index in [1.165, 1.54) is 0 Å². The highest BCUT2D eigenvalue weighted by Crippen LogP contribution is 2.29. The van der Waals surface area contributed by atoms with E-state index < -0.39 is 12.1 Å². The molecule has 1 aromatic carbocycles. The van der Waals surface area contributed by atoms with Crippen LogP contribution in [0.3, 0.4) is 0 Å². The molecule has 24 heavy (non-hydrogen) atoms. The van der Waals surface area contributed by atoms with E-state index in [1.807, 2.05) is 13.0 Å². The lowest BCUT2D eigenvalue weighted by molar-refractivity contribution is -0.151. The molecule has 2 aromatic rings. The topological polar surface area (TPSA) is 65.7 Å². The van der Waals surface area contributed by atoms with Crippen molar-refractivity contribution in [2.45, 2.75) is 52.1 Å². The zero-order valence-corrected chi connectivity index (χ0v) is 14.1. The number of hydrogen-bond acceptors (Lipinski definition) is 5. The van der Waals surface area contributed by atoms with E-state index in [0.29, 0.717) is 17.9 Å². The van der Waals surface area contributed by atoms with Crippen LogP contribution in [0.15, 0.2) is 27.4 Å². The summed E-state index contributed by atoms with van der Waals surface area (Å²) in [6, 6.07) is 5.39. The Morgan fingerprint density at radius 3 is 2.75 bits per heavy atom. The second-order valence-corrected chi connectivity index (χ2v) is 6.14. The summed E-state index contributed by atoms with van der Waals surface area (Å²) in [5.74, 6) is 0.0891. The van der Waals surface area contributed by atoms with Crippen molar-refractivity contribution >= 4 is 16.9 Å². The molecular formula is C19H22O5. The van der Waals surface area contributed by atoms with Gasteiger partial charge in [-0.05, 0) is 56.7 Å². The van der Waals surface area contributed by atoms with Gasteiger partial charge in [0.25, 0.3) is 0 Å². The van der Waals surface area contributed by atoms with Gasteiger partial charge in [-0.25, -0.2) is 9.59 Å². The first-order valence-corrected chi connectivity index (χ1v) is 8.52. The zero-order valence-electron chi connectivity index (χ0n) is 14.1. The molecule has 0 spiro atoms.